The zero-order chi connectivity index (χ0) is 11.5. The minimum atomic E-state index is -3.38. The molecule has 0 aromatic carbocycles. The molecule has 0 fully saturated rings. The number of sulfonamides is 1. The maximum Gasteiger partial charge on any atom is 0.210 e. The van der Waals surface area contributed by atoms with Crippen LogP contribution in [0, 0.1) is 6.92 Å². The number of primary sulfonamides is 1. The summed E-state index contributed by atoms with van der Waals surface area (Å²) in [5, 5.41) is 10.9. The molecule has 1 aromatic rings. The van der Waals surface area contributed by atoms with Gasteiger partial charge in [0, 0.05) is 18.0 Å². The second-order valence-electron chi connectivity index (χ2n) is 3.33. The molecule has 1 rings (SSSR count). The standard InChI is InChI=1S/C8H15N3O2S2/c1-6(8-5-14-7(2)11-8)10-3-4-15(9,12)13/h5-6,10H,3-4H2,1-2H3,(H2,9,12,13). The number of nitrogens with zero attached hydrogens (tertiary/aromatic N) is 1. The second kappa shape index (κ2) is 5.02. The van der Waals surface area contributed by atoms with Crippen molar-refractivity contribution in [3.8, 4) is 0 Å². The van der Waals surface area contributed by atoms with Crippen LogP contribution in [0.2, 0.25) is 0 Å². The van der Waals surface area contributed by atoms with E-state index >= 15 is 0 Å². The normalized spacial score (nSPS) is 14.1. The summed E-state index contributed by atoms with van der Waals surface area (Å²) in [7, 11) is -3.38. The van der Waals surface area contributed by atoms with Gasteiger partial charge < -0.3 is 5.32 Å². The molecule has 0 radical (unpaired) electrons. The van der Waals surface area contributed by atoms with Crippen LogP contribution in [0.25, 0.3) is 0 Å². The summed E-state index contributed by atoms with van der Waals surface area (Å²) >= 11 is 1.58. The zero-order valence-corrected chi connectivity index (χ0v) is 10.4. The number of aryl methyl sites for hydroxylation is 1. The summed E-state index contributed by atoms with van der Waals surface area (Å²) in [6.45, 7) is 4.22. The van der Waals surface area contributed by atoms with Gasteiger partial charge in [-0.2, -0.15) is 0 Å². The summed E-state index contributed by atoms with van der Waals surface area (Å²) in [6, 6.07) is 0.0525. The lowest BCUT2D eigenvalue weighted by molar-refractivity contribution is 0.567. The second-order valence-corrected chi connectivity index (χ2v) is 6.13. The quantitative estimate of drug-likeness (QED) is 0.790. The lowest BCUT2D eigenvalue weighted by Crippen LogP contribution is -2.29. The van der Waals surface area contributed by atoms with Gasteiger partial charge in [0.25, 0.3) is 0 Å². The van der Waals surface area contributed by atoms with E-state index in [1.54, 1.807) is 11.3 Å². The molecule has 1 aromatic heterocycles. The first-order valence-electron chi connectivity index (χ1n) is 4.54. The Labute approximate surface area is 93.8 Å². The zero-order valence-electron chi connectivity index (χ0n) is 8.73. The lowest BCUT2D eigenvalue weighted by atomic mass is 10.2. The number of hydrogen-bond donors (Lipinski definition) is 2. The maximum atomic E-state index is 10.7. The molecule has 15 heavy (non-hydrogen) atoms. The molecule has 1 unspecified atom stereocenters. The maximum absolute atomic E-state index is 10.7. The average molecular weight is 249 g/mol. The smallest absolute Gasteiger partial charge is 0.210 e. The topological polar surface area (TPSA) is 85.1 Å². The van der Waals surface area contributed by atoms with Crippen molar-refractivity contribution in [3.63, 3.8) is 0 Å². The van der Waals surface area contributed by atoms with Gasteiger partial charge >= 0.3 is 0 Å². The first-order chi connectivity index (χ1) is 6.88. The summed E-state index contributed by atoms with van der Waals surface area (Å²) in [6.07, 6.45) is 0. The molecule has 0 aliphatic rings. The van der Waals surface area contributed by atoms with Crippen molar-refractivity contribution in [2.45, 2.75) is 19.9 Å². The molecule has 1 atom stereocenters. The van der Waals surface area contributed by atoms with E-state index in [4.69, 9.17) is 5.14 Å². The predicted molar refractivity (Wildman–Crippen MR) is 61.2 cm³/mol. The van der Waals surface area contributed by atoms with E-state index in [1.165, 1.54) is 0 Å². The highest BCUT2D eigenvalue weighted by molar-refractivity contribution is 7.89. The number of nitrogens with two attached hydrogens (primary N) is 1. The van der Waals surface area contributed by atoms with Crippen molar-refractivity contribution in [1.82, 2.24) is 10.3 Å². The third-order valence-electron chi connectivity index (χ3n) is 1.92. The van der Waals surface area contributed by atoms with Crippen molar-refractivity contribution in [2.75, 3.05) is 12.3 Å². The van der Waals surface area contributed by atoms with Gasteiger partial charge in [0.15, 0.2) is 0 Å². The molecule has 3 N–H and O–H groups in total. The fourth-order valence-electron chi connectivity index (χ4n) is 1.10. The van der Waals surface area contributed by atoms with Crippen LogP contribution in [0.15, 0.2) is 5.38 Å². The van der Waals surface area contributed by atoms with Crippen molar-refractivity contribution in [3.05, 3.63) is 16.1 Å². The number of aromatic nitrogens is 1. The molecule has 86 valence electrons. The Morgan fingerprint density at radius 1 is 1.67 bits per heavy atom. The first kappa shape index (κ1) is 12.6. The van der Waals surface area contributed by atoms with E-state index < -0.39 is 10.0 Å². The Morgan fingerprint density at radius 3 is 2.80 bits per heavy atom. The van der Waals surface area contributed by atoms with Crippen molar-refractivity contribution < 1.29 is 8.42 Å². The first-order valence-corrected chi connectivity index (χ1v) is 7.14. The monoisotopic (exact) mass is 249 g/mol. The molecule has 0 aliphatic carbocycles. The number of hydrogen-bond acceptors (Lipinski definition) is 5. The van der Waals surface area contributed by atoms with Crippen molar-refractivity contribution >= 4 is 21.4 Å². The minimum absolute atomic E-state index is 0.0525. The fraction of sp³-hybridized carbons (Fsp3) is 0.625. The highest BCUT2D eigenvalue weighted by Crippen LogP contribution is 2.15. The van der Waals surface area contributed by atoms with E-state index in [2.05, 4.69) is 10.3 Å². The SMILES string of the molecule is Cc1nc(C(C)NCCS(N)(=O)=O)cs1. The molecular weight excluding hydrogens is 234 g/mol. The van der Waals surface area contributed by atoms with Crippen LogP contribution in [0.4, 0.5) is 0 Å². The van der Waals surface area contributed by atoms with Gasteiger partial charge in [-0.25, -0.2) is 18.5 Å². The van der Waals surface area contributed by atoms with E-state index in [1.807, 2.05) is 19.2 Å². The molecule has 1 heterocycles. The average Bonchev–Trinajstić information content (AvgIpc) is 2.49. The Bertz CT molecular complexity index is 413. The Morgan fingerprint density at radius 2 is 2.33 bits per heavy atom. The van der Waals surface area contributed by atoms with Gasteiger partial charge in [0.05, 0.1) is 16.5 Å². The van der Waals surface area contributed by atoms with Gasteiger partial charge in [0.1, 0.15) is 0 Å². The third-order valence-corrected chi connectivity index (χ3v) is 3.48. The van der Waals surface area contributed by atoms with Gasteiger partial charge in [-0.1, -0.05) is 0 Å². The number of thiazole rings is 1. The van der Waals surface area contributed by atoms with E-state index in [9.17, 15) is 8.42 Å². The highest BCUT2D eigenvalue weighted by Gasteiger charge is 2.09. The summed E-state index contributed by atoms with van der Waals surface area (Å²) < 4.78 is 21.4. The van der Waals surface area contributed by atoms with Crippen LogP contribution < -0.4 is 10.5 Å². The van der Waals surface area contributed by atoms with Gasteiger partial charge in [-0.15, -0.1) is 11.3 Å². The van der Waals surface area contributed by atoms with E-state index in [0.29, 0.717) is 6.54 Å². The van der Waals surface area contributed by atoms with Crippen LogP contribution in [0.1, 0.15) is 23.7 Å². The Hall–Kier alpha value is -0.500. The molecule has 0 amide bonds. The van der Waals surface area contributed by atoms with Crippen molar-refractivity contribution in [2.24, 2.45) is 5.14 Å². The molecule has 0 saturated heterocycles. The molecule has 0 aliphatic heterocycles. The molecule has 7 heteroatoms. The molecular formula is C8H15N3O2S2. The molecule has 0 saturated carbocycles. The van der Waals surface area contributed by atoms with Crippen LogP contribution >= 0.6 is 11.3 Å². The Balaban J connectivity index is 2.40. The van der Waals surface area contributed by atoms with Crippen LogP contribution in [0.5, 0.6) is 0 Å². The number of rotatable bonds is 5. The minimum Gasteiger partial charge on any atom is -0.308 e. The fourth-order valence-corrected chi connectivity index (χ4v) is 2.21. The van der Waals surface area contributed by atoms with Crippen molar-refractivity contribution in [1.29, 1.82) is 0 Å². The lowest BCUT2D eigenvalue weighted by Gasteiger charge is -2.10. The summed E-state index contributed by atoms with van der Waals surface area (Å²) in [5.41, 5.74) is 0.937. The van der Waals surface area contributed by atoms with Crippen LogP contribution in [-0.2, 0) is 10.0 Å². The van der Waals surface area contributed by atoms with Gasteiger partial charge in [0.2, 0.25) is 10.0 Å². The molecule has 5 nitrogen and oxygen atoms in total. The van der Waals surface area contributed by atoms with Crippen LogP contribution in [-0.4, -0.2) is 25.7 Å². The van der Waals surface area contributed by atoms with E-state index in [-0.39, 0.29) is 11.8 Å². The van der Waals surface area contributed by atoms with Gasteiger partial charge in [-0.05, 0) is 13.8 Å². The van der Waals surface area contributed by atoms with Gasteiger partial charge in [-0.3, -0.25) is 0 Å². The summed E-state index contributed by atoms with van der Waals surface area (Å²) in [5.74, 6) is -0.0551. The largest absolute Gasteiger partial charge is 0.308 e. The van der Waals surface area contributed by atoms with E-state index in [0.717, 1.165) is 10.7 Å². The predicted octanol–water partition coefficient (Wildman–Crippen LogP) is 0.391. The third kappa shape index (κ3) is 4.70. The summed E-state index contributed by atoms with van der Waals surface area (Å²) in [4.78, 5) is 4.30. The highest BCUT2D eigenvalue weighted by atomic mass is 32.2. The molecule has 0 bridgehead atoms. The number of nitrogens with one attached hydrogen (secondary N) is 1. The molecule has 0 spiro atoms. The van der Waals surface area contributed by atoms with Crippen LogP contribution in [0.3, 0.4) is 0 Å². The Kier molecular flexibility index (Phi) is 4.21.